The van der Waals surface area contributed by atoms with Crippen LogP contribution in [-0.4, -0.2) is 29.6 Å². The Balaban J connectivity index is 2.53. The minimum Gasteiger partial charge on any atom is -0.264 e. The summed E-state index contributed by atoms with van der Waals surface area (Å²) in [5, 5.41) is -0.172. The van der Waals surface area contributed by atoms with E-state index in [0.29, 0.717) is 5.69 Å². The lowest BCUT2D eigenvalue weighted by Gasteiger charge is -2.01. The van der Waals surface area contributed by atoms with Crippen molar-refractivity contribution in [2.75, 3.05) is 6.26 Å². The van der Waals surface area contributed by atoms with Crippen LogP contribution in [0.2, 0.25) is 0 Å². The van der Waals surface area contributed by atoms with Crippen molar-refractivity contribution in [2.45, 2.75) is 5.16 Å². The van der Waals surface area contributed by atoms with E-state index >= 15 is 0 Å². The molecule has 5 nitrogen and oxygen atoms in total. The Bertz CT molecular complexity index is 596. The van der Waals surface area contributed by atoms with Crippen molar-refractivity contribution in [3.63, 3.8) is 0 Å². The van der Waals surface area contributed by atoms with Crippen molar-refractivity contribution in [3.8, 4) is 11.3 Å². The van der Waals surface area contributed by atoms with E-state index in [1.165, 1.54) is 6.20 Å². The number of aromatic nitrogens is 3. The zero-order valence-electron chi connectivity index (χ0n) is 8.53. The van der Waals surface area contributed by atoms with Crippen molar-refractivity contribution < 1.29 is 8.42 Å². The van der Waals surface area contributed by atoms with Crippen LogP contribution >= 0.6 is 0 Å². The number of nitrogens with zero attached hydrogens (tertiary/aromatic N) is 3. The average Bonchev–Trinajstić information content (AvgIpc) is 2.29. The van der Waals surface area contributed by atoms with E-state index in [2.05, 4.69) is 15.0 Å². The molecule has 82 valence electrons. The standard InChI is InChI=1S/C10H9N3O2S/c1-16(14,15)10-12-6-4-9(13-10)8-3-2-5-11-7-8/h2-7H,1H3. The van der Waals surface area contributed by atoms with E-state index < -0.39 is 9.84 Å². The molecule has 0 fully saturated rings. The van der Waals surface area contributed by atoms with Crippen molar-refractivity contribution in [1.29, 1.82) is 0 Å². The van der Waals surface area contributed by atoms with Gasteiger partial charge in [0.25, 0.3) is 0 Å². The maximum Gasteiger partial charge on any atom is 0.247 e. The quantitative estimate of drug-likeness (QED) is 0.724. The first kappa shape index (κ1) is 10.7. The summed E-state index contributed by atoms with van der Waals surface area (Å²) in [6.07, 6.45) is 5.76. The van der Waals surface area contributed by atoms with Gasteiger partial charge in [-0.15, -0.1) is 0 Å². The molecule has 0 unspecified atom stereocenters. The van der Waals surface area contributed by atoms with E-state index in [-0.39, 0.29) is 5.16 Å². The van der Waals surface area contributed by atoms with E-state index in [9.17, 15) is 8.42 Å². The van der Waals surface area contributed by atoms with Gasteiger partial charge in [-0.2, -0.15) is 0 Å². The maximum absolute atomic E-state index is 11.3. The topological polar surface area (TPSA) is 72.8 Å². The molecule has 0 bridgehead atoms. The normalized spacial score (nSPS) is 11.3. The zero-order chi connectivity index (χ0) is 11.6. The molecule has 0 aliphatic rings. The van der Waals surface area contributed by atoms with Crippen LogP contribution in [-0.2, 0) is 9.84 Å². The lowest BCUT2D eigenvalue weighted by molar-refractivity contribution is 0.593. The summed E-state index contributed by atoms with van der Waals surface area (Å²) in [6.45, 7) is 0. The minimum atomic E-state index is -3.38. The molecule has 2 rings (SSSR count). The molecule has 0 amide bonds. The van der Waals surface area contributed by atoms with Gasteiger partial charge < -0.3 is 0 Å². The monoisotopic (exact) mass is 235 g/mol. The molecule has 0 spiro atoms. The Morgan fingerprint density at radius 3 is 2.62 bits per heavy atom. The predicted octanol–water partition coefficient (Wildman–Crippen LogP) is 0.942. The van der Waals surface area contributed by atoms with Gasteiger partial charge in [0, 0.05) is 30.4 Å². The van der Waals surface area contributed by atoms with Crippen LogP contribution in [0.15, 0.2) is 41.9 Å². The van der Waals surface area contributed by atoms with Gasteiger partial charge in [-0.05, 0) is 18.2 Å². The van der Waals surface area contributed by atoms with Gasteiger partial charge in [-0.25, -0.2) is 18.4 Å². The van der Waals surface area contributed by atoms with Gasteiger partial charge >= 0.3 is 0 Å². The largest absolute Gasteiger partial charge is 0.264 e. The Morgan fingerprint density at radius 1 is 1.19 bits per heavy atom. The van der Waals surface area contributed by atoms with Gasteiger partial charge in [-0.1, -0.05) is 0 Å². The van der Waals surface area contributed by atoms with Crippen molar-refractivity contribution >= 4 is 9.84 Å². The number of hydrogen-bond acceptors (Lipinski definition) is 5. The molecule has 0 saturated carbocycles. The average molecular weight is 235 g/mol. The number of rotatable bonds is 2. The second kappa shape index (κ2) is 3.97. The summed E-state index contributed by atoms with van der Waals surface area (Å²) in [7, 11) is -3.38. The fourth-order valence-corrected chi connectivity index (χ4v) is 1.71. The molecule has 0 saturated heterocycles. The van der Waals surface area contributed by atoms with Gasteiger partial charge in [0.1, 0.15) is 0 Å². The molecule has 0 aromatic carbocycles. The van der Waals surface area contributed by atoms with Gasteiger partial charge in [0.15, 0.2) is 0 Å². The molecule has 0 aliphatic carbocycles. The Labute approximate surface area is 93.1 Å². The molecule has 2 heterocycles. The molecule has 16 heavy (non-hydrogen) atoms. The smallest absolute Gasteiger partial charge is 0.247 e. The van der Waals surface area contributed by atoms with E-state index in [1.54, 1.807) is 30.6 Å². The zero-order valence-corrected chi connectivity index (χ0v) is 9.35. The second-order valence-electron chi connectivity index (χ2n) is 3.24. The van der Waals surface area contributed by atoms with Crippen molar-refractivity contribution in [3.05, 3.63) is 36.8 Å². The number of pyridine rings is 1. The lowest BCUT2D eigenvalue weighted by Crippen LogP contribution is -2.04. The first-order chi connectivity index (χ1) is 7.57. The van der Waals surface area contributed by atoms with Crippen LogP contribution in [0.1, 0.15) is 0 Å². The summed E-state index contributed by atoms with van der Waals surface area (Å²) < 4.78 is 22.6. The van der Waals surface area contributed by atoms with E-state index in [1.807, 2.05) is 0 Å². The molecule has 6 heteroatoms. The van der Waals surface area contributed by atoms with Crippen molar-refractivity contribution in [1.82, 2.24) is 15.0 Å². The lowest BCUT2D eigenvalue weighted by atomic mass is 10.2. The molecular formula is C10H9N3O2S. The molecule has 0 radical (unpaired) electrons. The Hall–Kier alpha value is -1.82. The highest BCUT2D eigenvalue weighted by Gasteiger charge is 2.11. The first-order valence-corrected chi connectivity index (χ1v) is 6.40. The third kappa shape index (κ3) is 2.22. The maximum atomic E-state index is 11.3. The fourth-order valence-electron chi connectivity index (χ4n) is 1.19. The highest BCUT2D eigenvalue weighted by Crippen LogP contribution is 2.15. The third-order valence-electron chi connectivity index (χ3n) is 1.92. The van der Waals surface area contributed by atoms with Crippen LogP contribution in [0.4, 0.5) is 0 Å². The number of sulfone groups is 1. The summed E-state index contributed by atoms with van der Waals surface area (Å²) in [6, 6.07) is 5.21. The van der Waals surface area contributed by atoms with Crippen LogP contribution < -0.4 is 0 Å². The van der Waals surface area contributed by atoms with Crippen LogP contribution in [0.3, 0.4) is 0 Å². The van der Waals surface area contributed by atoms with Crippen LogP contribution in [0.25, 0.3) is 11.3 Å². The Kier molecular flexibility index (Phi) is 2.66. The summed E-state index contributed by atoms with van der Waals surface area (Å²) in [5.74, 6) is 0. The first-order valence-electron chi connectivity index (χ1n) is 4.51. The fraction of sp³-hybridized carbons (Fsp3) is 0.100. The SMILES string of the molecule is CS(=O)(=O)c1nccc(-c2cccnc2)n1. The highest BCUT2D eigenvalue weighted by atomic mass is 32.2. The number of hydrogen-bond donors (Lipinski definition) is 0. The molecule has 0 aliphatic heterocycles. The van der Waals surface area contributed by atoms with Gasteiger partial charge in [0.05, 0.1) is 5.69 Å². The summed E-state index contributed by atoms with van der Waals surface area (Å²) in [4.78, 5) is 11.6. The second-order valence-corrected chi connectivity index (χ2v) is 5.15. The molecule has 2 aromatic heterocycles. The molecular weight excluding hydrogens is 226 g/mol. The molecule has 0 N–H and O–H groups in total. The molecule has 2 aromatic rings. The van der Waals surface area contributed by atoms with Crippen LogP contribution in [0, 0.1) is 0 Å². The predicted molar refractivity (Wildman–Crippen MR) is 58.4 cm³/mol. The molecule has 0 atom stereocenters. The summed E-state index contributed by atoms with van der Waals surface area (Å²) in [5.41, 5.74) is 1.30. The van der Waals surface area contributed by atoms with E-state index in [0.717, 1.165) is 11.8 Å². The minimum absolute atomic E-state index is 0.172. The van der Waals surface area contributed by atoms with Gasteiger partial charge in [0.2, 0.25) is 15.0 Å². The van der Waals surface area contributed by atoms with Gasteiger partial charge in [-0.3, -0.25) is 4.98 Å². The van der Waals surface area contributed by atoms with Crippen LogP contribution in [0.5, 0.6) is 0 Å². The summed E-state index contributed by atoms with van der Waals surface area (Å²) >= 11 is 0. The van der Waals surface area contributed by atoms with Crippen molar-refractivity contribution in [2.24, 2.45) is 0 Å². The third-order valence-corrected chi connectivity index (χ3v) is 2.78. The Morgan fingerprint density at radius 2 is 2.00 bits per heavy atom. The van der Waals surface area contributed by atoms with E-state index in [4.69, 9.17) is 0 Å². The highest BCUT2D eigenvalue weighted by molar-refractivity contribution is 7.90.